The van der Waals surface area contributed by atoms with Crippen molar-refractivity contribution in [3.8, 4) is 0 Å². The van der Waals surface area contributed by atoms with E-state index in [2.05, 4.69) is 40.6 Å². The maximum atomic E-state index is 6.18. The van der Waals surface area contributed by atoms with Crippen LogP contribution in [0.4, 0.5) is 0 Å². The van der Waals surface area contributed by atoms with Crippen LogP contribution in [0.1, 0.15) is 18.2 Å². The highest BCUT2D eigenvalue weighted by molar-refractivity contribution is 6.31. The van der Waals surface area contributed by atoms with Crippen molar-refractivity contribution >= 4 is 11.6 Å². The SMILES string of the molecule is CCNCc1cn(CCN(C)Cc2ccccc2Cl)nn1. The van der Waals surface area contributed by atoms with E-state index >= 15 is 0 Å². The summed E-state index contributed by atoms with van der Waals surface area (Å²) in [7, 11) is 2.08. The molecule has 0 aliphatic carbocycles. The molecule has 114 valence electrons. The number of likely N-dealkylation sites (N-methyl/N-ethyl adjacent to an activating group) is 1. The van der Waals surface area contributed by atoms with Gasteiger partial charge in [-0.15, -0.1) is 5.10 Å². The summed E-state index contributed by atoms with van der Waals surface area (Å²) >= 11 is 6.18. The Morgan fingerprint density at radius 1 is 1.33 bits per heavy atom. The molecule has 6 heteroatoms. The molecule has 0 fully saturated rings. The average Bonchev–Trinajstić information content (AvgIpc) is 2.93. The van der Waals surface area contributed by atoms with Gasteiger partial charge < -0.3 is 10.2 Å². The largest absolute Gasteiger partial charge is 0.311 e. The quantitative estimate of drug-likeness (QED) is 0.812. The fraction of sp³-hybridized carbons (Fsp3) is 0.467. The molecule has 1 aromatic heterocycles. The average molecular weight is 308 g/mol. The molecule has 0 aliphatic rings. The molecular formula is C15H22ClN5. The van der Waals surface area contributed by atoms with Crippen molar-refractivity contribution in [2.24, 2.45) is 0 Å². The van der Waals surface area contributed by atoms with Gasteiger partial charge in [0.2, 0.25) is 0 Å². The van der Waals surface area contributed by atoms with E-state index in [1.54, 1.807) is 0 Å². The van der Waals surface area contributed by atoms with Gasteiger partial charge in [0.1, 0.15) is 0 Å². The predicted octanol–water partition coefficient (Wildman–Crippen LogP) is 2.17. The van der Waals surface area contributed by atoms with Gasteiger partial charge in [-0.2, -0.15) is 0 Å². The number of nitrogens with zero attached hydrogens (tertiary/aromatic N) is 4. The lowest BCUT2D eigenvalue weighted by atomic mass is 10.2. The molecule has 2 rings (SSSR count). The Morgan fingerprint density at radius 3 is 2.90 bits per heavy atom. The van der Waals surface area contributed by atoms with E-state index in [0.717, 1.165) is 49.0 Å². The van der Waals surface area contributed by atoms with Gasteiger partial charge in [0.25, 0.3) is 0 Å². The normalized spacial score (nSPS) is 11.2. The molecule has 0 amide bonds. The molecule has 5 nitrogen and oxygen atoms in total. The molecule has 0 saturated carbocycles. The van der Waals surface area contributed by atoms with Crippen LogP contribution in [0.3, 0.4) is 0 Å². The van der Waals surface area contributed by atoms with Crippen LogP contribution in [0, 0.1) is 0 Å². The Morgan fingerprint density at radius 2 is 2.14 bits per heavy atom. The van der Waals surface area contributed by atoms with E-state index < -0.39 is 0 Å². The van der Waals surface area contributed by atoms with Crippen LogP contribution in [-0.4, -0.2) is 40.0 Å². The van der Waals surface area contributed by atoms with Gasteiger partial charge in [0, 0.05) is 30.9 Å². The molecule has 1 heterocycles. The van der Waals surface area contributed by atoms with Crippen molar-refractivity contribution in [2.45, 2.75) is 26.6 Å². The van der Waals surface area contributed by atoms with Crippen LogP contribution in [0.2, 0.25) is 5.02 Å². The summed E-state index contributed by atoms with van der Waals surface area (Å²) in [5.74, 6) is 0. The summed E-state index contributed by atoms with van der Waals surface area (Å²) in [6.07, 6.45) is 1.99. The summed E-state index contributed by atoms with van der Waals surface area (Å²) in [4.78, 5) is 2.23. The Kier molecular flexibility index (Phi) is 6.17. The number of halogens is 1. The molecular weight excluding hydrogens is 286 g/mol. The van der Waals surface area contributed by atoms with Gasteiger partial charge in [-0.3, -0.25) is 4.68 Å². The molecule has 0 aliphatic heterocycles. The number of aromatic nitrogens is 3. The van der Waals surface area contributed by atoms with E-state index in [0.29, 0.717) is 0 Å². The van der Waals surface area contributed by atoms with Crippen LogP contribution in [0.15, 0.2) is 30.5 Å². The third kappa shape index (κ3) is 5.12. The maximum Gasteiger partial charge on any atom is 0.0964 e. The molecule has 0 spiro atoms. The lowest BCUT2D eigenvalue weighted by Crippen LogP contribution is -2.23. The first kappa shape index (κ1) is 15.9. The number of benzene rings is 1. The van der Waals surface area contributed by atoms with Gasteiger partial charge in [-0.05, 0) is 25.2 Å². The van der Waals surface area contributed by atoms with Crippen LogP contribution in [0.25, 0.3) is 0 Å². The Balaban J connectivity index is 1.79. The summed E-state index contributed by atoms with van der Waals surface area (Å²) < 4.78 is 1.88. The van der Waals surface area contributed by atoms with E-state index in [1.165, 1.54) is 0 Å². The molecule has 0 bridgehead atoms. The molecule has 21 heavy (non-hydrogen) atoms. The second kappa shape index (κ2) is 8.12. The van der Waals surface area contributed by atoms with Crippen LogP contribution < -0.4 is 5.32 Å². The monoisotopic (exact) mass is 307 g/mol. The minimum atomic E-state index is 0.770. The van der Waals surface area contributed by atoms with E-state index in [1.807, 2.05) is 29.1 Å². The highest BCUT2D eigenvalue weighted by atomic mass is 35.5. The van der Waals surface area contributed by atoms with Crippen LogP contribution in [0.5, 0.6) is 0 Å². The van der Waals surface area contributed by atoms with Crippen LogP contribution >= 0.6 is 11.6 Å². The zero-order valence-corrected chi connectivity index (χ0v) is 13.3. The van der Waals surface area contributed by atoms with Crippen molar-refractivity contribution in [1.29, 1.82) is 0 Å². The standard InChI is InChI=1S/C15H22ClN5/c1-3-17-10-14-12-21(19-18-14)9-8-20(2)11-13-6-4-5-7-15(13)16/h4-7,12,17H,3,8-11H2,1-2H3. The molecule has 0 saturated heterocycles. The van der Waals surface area contributed by atoms with E-state index in [-0.39, 0.29) is 0 Å². The van der Waals surface area contributed by atoms with Crippen molar-refractivity contribution < 1.29 is 0 Å². The first-order chi connectivity index (χ1) is 10.2. The van der Waals surface area contributed by atoms with Crippen LogP contribution in [-0.2, 0) is 19.6 Å². The highest BCUT2D eigenvalue weighted by Crippen LogP contribution is 2.16. The van der Waals surface area contributed by atoms with Crippen molar-refractivity contribution in [1.82, 2.24) is 25.2 Å². The molecule has 0 radical (unpaired) electrons. The number of nitrogens with one attached hydrogen (secondary N) is 1. The zero-order chi connectivity index (χ0) is 15.1. The number of hydrogen-bond donors (Lipinski definition) is 1. The van der Waals surface area contributed by atoms with Crippen molar-refractivity contribution in [2.75, 3.05) is 20.1 Å². The summed E-state index contributed by atoms with van der Waals surface area (Å²) in [6.45, 7) is 6.33. The lowest BCUT2D eigenvalue weighted by molar-refractivity contribution is 0.304. The van der Waals surface area contributed by atoms with Crippen molar-refractivity contribution in [3.05, 3.63) is 46.7 Å². The molecule has 2 aromatic rings. The summed E-state index contributed by atoms with van der Waals surface area (Å²) in [5, 5.41) is 12.3. The Bertz CT molecular complexity index is 555. The van der Waals surface area contributed by atoms with E-state index in [4.69, 9.17) is 11.6 Å². The Hall–Kier alpha value is -1.43. The molecule has 0 unspecified atom stereocenters. The zero-order valence-electron chi connectivity index (χ0n) is 12.6. The summed E-state index contributed by atoms with van der Waals surface area (Å²) in [5.41, 5.74) is 2.12. The van der Waals surface area contributed by atoms with Gasteiger partial charge in [0.05, 0.1) is 12.2 Å². The minimum absolute atomic E-state index is 0.770. The van der Waals surface area contributed by atoms with E-state index in [9.17, 15) is 0 Å². The predicted molar refractivity (Wildman–Crippen MR) is 85.2 cm³/mol. The molecule has 0 atom stereocenters. The first-order valence-electron chi connectivity index (χ1n) is 7.20. The summed E-state index contributed by atoms with van der Waals surface area (Å²) in [6, 6.07) is 7.95. The minimum Gasteiger partial charge on any atom is -0.311 e. The van der Waals surface area contributed by atoms with Gasteiger partial charge in [-0.25, -0.2) is 0 Å². The first-order valence-corrected chi connectivity index (χ1v) is 7.58. The van der Waals surface area contributed by atoms with Crippen molar-refractivity contribution in [3.63, 3.8) is 0 Å². The Labute approximate surface area is 130 Å². The smallest absolute Gasteiger partial charge is 0.0964 e. The highest BCUT2D eigenvalue weighted by Gasteiger charge is 2.05. The second-order valence-corrected chi connectivity index (χ2v) is 5.49. The topological polar surface area (TPSA) is 46.0 Å². The fourth-order valence-corrected chi connectivity index (χ4v) is 2.25. The number of rotatable bonds is 8. The third-order valence-electron chi connectivity index (χ3n) is 3.25. The fourth-order valence-electron chi connectivity index (χ4n) is 2.05. The third-order valence-corrected chi connectivity index (χ3v) is 3.62. The van der Waals surface area contributed by atoms with Gasteiger partial charge >= 0.3 is 0 Å². The second-order valence-electron chi connectivity index (χ2n) is 5.08. The van der Waals surface area contributed by atoms with Gasteiger partial charge in [-0.1, -0.05) is 41.9 Å². The van der Waals surface area contributed by atoms with Gasteiger partial charge in [0.15, 0.2) is 0 Å². The lowest BCUT2D eigenvalue weighted by Gasteiger charge is -2.17. The maximum absolute atomic E-state index is 6.18. The molecule has 1 N–H and O–H groups in total. The molecule has 1 aromatic carbocycles. The number of hydrogen-bond acceptors (Lipinski definition) is 4.